The van der Waals surface area contributed by atoms with Crippen molar-refractivity contribution in [1.82, 2.24) is 21.3 Å². The molecule has 0 aromatic rings. The molecule has 2 aliphatic heterocycles. The summed E-state index contributed by atoms with van der Waals surface area (Å²) in [5.41, 5.74) is 0. The number of hydrogen-bond donors (Lipinski definition) is 4. The Kier molecular flexibility index (Phi) is 6.25. The molecule has 26 heavy (non-hydrogen) atoms. The zero-order chi connectivity index (χ0) is 19.1. The zero-order valence-corrected chi connectivity index (χ0v) is 13.4. The second-order valence-corrected chi connectivity index (χ2v) is 5.27. The van der Waals surface area contributed by atoms with Crippen LogP contribution in [0.3, 0.4) is 0 Å². The van der Waals surface area contributed by atoms with Crippen molar-refractivity contribution in [3.05, 3.63) is 12.2 Å². The van der Waals surface area contributed by atoms with Crippen LogP contribution in [0, 0.1) is 0 Å². The fourth-order valence-corrected chi connectivity index (χ4v) is 2.00. The predicted molar refractivity (Wildman–Crippen MR) is 80.9 cm³/mol. The largest absolute Gasteiger partial charge is 0.460 e. The Morgan fingerprint density at radius 1 is 0.808 bits per heavy atom. The molecule has 0 aromatic heterocycles. The van der Waals surface area contributed by atoms with Gasteiger partial charge in [-0.15, -0.1) is 0 Å². The number of esters is 2. The van der Waals surface area contributed by atoms with E-state index in [1.54, 1.807) is 0 Å². The topological polar surface area (TPSA) is 169 Å². The number of piperazine rings is 2. The lowest BCUT2D eigenvalue weighted by atomic mass is 10.2. The monoisotopic (exact) mass is 368 g/mol. The van der Waals surface area contributed by atoms with Crippen molar-refractivity contribution in [1.29, 1.82) is 0 Å². The van der Waals surface area contributed by atoms with E-state index in [0.29, 0.717) is 0 Å². The molecule has 0 bridgehead atoms. The molecule has 4 N–H and O–H groups in total. The lowest BCUT2D eigenvalue weighted by molar-refractivity contribution is -0.145. The molecule has 12 heteroatoms. The molecule has 0 spiro atoms. The highest BCUT2D eigenvalue weighted by Gasteiger charge is 2.28. The SMILES string of the molecule is O=C1CNC(=O)C(COC(=O)/C=C/C(=O)OCC2NC(=O)CNC2=O)N1. The van der Waals surface area contributed by atoms with Crippen LogP contribution in [0.25, 0.3) is 0 Å². The Hall–Kier alpha value is -3.44. The van der Waals surface area contributed by atoms with Crippen LogP contribution in [0.1, 0.15) is 0 Å². The van der Waals surface area contributed by atoms with Gasteiger partial charge in [0.1, 0.15) is 25.3 Å². The van der Waals surface area contributed by atoms with Gasteiger partial charge in [0.05, 0.1) is 13.1 Å². The number of hydrogen-bond acceptors (Lipinski definition) is 8. The fraction of sp³-hybridized carbons (Fsp3) is 0.429. The highest BCUT2D eigenvalue weighted by Crippen LogP contribution is 1.96. The molecule has 2 atom stereocenters. The summed E-state index contributed by atoms with van der Waals surface area (Å²) in [6.45, 7) is -1.09. The Balaban J connectivity index is 1.70. The average Bonchev–Trinajstić information content (AvgIpc) is 2.61. The van der Waals surface area contributed by atoms with Crippen molar-refractivity contribution in [2.45, 2.75) is 12.1 Å². The quantitative estimate of drug-likeness (QED) is 0.270. The highest BCUT2D eigenvalue weighted by molar-refractivity contribution is 5.96. The second-order valence-electron chi connectivity index (χ2n) is 5.27. The summed E-state index contributed by atoms with van der Waals surface area (Å²) in [7, 11) is 0. The van der Waals surface area contributed by atoms with Crippen molar-refractivity contribution < 1.29 is 38.2 Å². The van der Waals surface area contributed by atoms with Crippen LogP contribution in [0.2, 0.25) is 0 Å². The van der Waals surface area contributed by atoms with E-state index in [2.05, 4.69) is 21.3 Å². The summed E-state index contributed by atoms with van der Waals surface area (Å²) in [6.07, 6.45) is 1.54. The molecule has 0 aromatic carbocycles. The standard InChI is InChI=1S/C14H16N4O8/c19-9-3-15-13(23)7(17-9)5-25-11(21)1-2-12(22)26-6-8-14(24)16-4-10(20)18-8/h1-2,7-8H,3-6H2,(H,15,23)(H,16,24)(H,17,19)(H,18,20)/b2-1+. The number of rotatable bonds is 6. The number of carbonyl (C=O) groups excluding carboxylic acids is 6. The molecule has 4 amide bonds. The van der Waals surface area contributed by atoms with Crippen LogP contribution >= 0.6 is 0 Å². The smallest absolute Gasteiger partial charge is 0.331 e. The van der Waals surface area contributed by atoms with E-state index in [4.69, 9.17) is 9.47 Å². The number of ether oxygens (including phenoxy) is 2. The van der Waals surface area contributed by atoms with Gasteiger partial charge in [-0.1, -0.05) is 0 Å². The van der Waals surface area contributed by atoms with E-state index in [1.807, 2.05) is 0 Å². The highest BCUT2D eigenvalue weighted by atomic mass is 16.5. The van der Waals surface area contributed by atoms with Crippen molar-refractivity contribution in [3.63, 3.8) is 0 Å². The van der Waals surface area contributed by atoms with Gasteiger partial charge in [0, 0.05) is 12.2 Å². The minimum atomic E-state index is -1.01. The lowest BCUT2D eigenvalue weighted by Crippen LogP contribution is -2.58. The molecule has 2 fully saturated rings. The summed E-state index contributed by atoms with van der Waals surface area (Å²) in [5, 5.41) is 9.30. The molecule has 2 saturated heterocycles. The summed E-state index contributed by atoms with van der Waals surface area (Å²) in [6, 6.07) is -2.01. The third-order valence-electron chi connectivity index (χ3n) is 3.29. The second kappa shape index (κ2) is 8.60. The molecule has 0 radical (unpaired) electrons. The van der Waals surface area contributed by atoms with E-state index in [1.165, 1.54) is 0 Å². The molecule has 2 heterocycles. The van der Waals surface area contributed by atoms with E-state index in [9.17, 15) is 28.8 Å². The summed E-state index contributed by atoms with van der Waals surface area (Å²) >= 11 is 0. The minimum absolute atomic E-state index is 0.144. The van der Waals surface area contributed by atoms with Gasteiger partial charge in [-0.3, -0.25) is 19.2 Å². The Morgan fingerprint density at radius 2 is 1.19 bits per heavy atom. The van der Waals surface area contributed by atoms with Crippen molar-refractivity contribution in [3.8, 4) is 0 Å². The summed E-state index contributed by atoms with van der Waals surface area (Å²) < 4.78 is 9.49. The van der Waals surface area contributed by atoms with Crippen LogP contribution in [0.5, 0.6) is 0 Å². The lowest BCUT2D eigenvalue weighted by Gasteiger charge is -2.22. The van der Waals surface area contributed by atoms with Gasteiger partial charge < -0.3 is 30.7 Å². The first-order valence-corrected chi connectivity index (χ1v) is 7.51. The first-order chi connectivity index (χ1) is 12.3. The molecule has 140 valence electrons. The molecule has 2 aliphatic rings. The maximum Gasteiger partial charge on any atom is 0.331 e. The van der Waals surface area contributed by atoms with Crippen LogP contribution < -0.4 is 21.3 Å². The van der Waals surface area contributed by atoms with Crippen LogP contribution in [-0.4, -0.2) is 74.0 Å². The maximum absolute atomic E-state index is 11.5. The van der Waals surface area contributed by atoms with Crippen molar-refractivity contribution in [2.24, 2.45) is 0 Å². The summed E-state index contributed by atoms with van der Waals surface area (Å²) in [5.74, 6) is -3.68. The van der Waals surface area contributed by atoms with Gasteiger partial charge in [-0.25, -0.2) is 9.59 Å². The van der Waals surface area contributed by atoms with Gasteiger partial charge in [0.2, 0.25) is 23.6 Å². The van der Waals surface area contributed by atoms with Crippen molar-refractivity contribution >= 4 is 35.6 Å². The maximum atomic E-state index is 11.5. The molecule has 12 nitrogen and oxygen atoms in total. The number of nitrogens with one attached hydrogen (secondary N) is 4. The van der Waals surface area contributed by atoms with Crippen LogP contribution in [-0.2, 0) is 38.2 Å². The van der Waals surface area contributed by atoms with E-state index in [-0.39, 0.29) is 13.1 Å². The van der Waals surface area contributed by atoms with Gasteiger partial charge in [-0.2, -0.15) is 0 Å². The van der Waals surface area contributed by atoms with Crippen LogP contribution in [0.4, 0.5) is 0 Å². The third kappa shape index (κ3) is 5.58. The third-order valence-corrected chi connectivity index (χ3v) is 3.29. The normalized spacial score (nSPS) is 22.8. The molecule has 0 saturated carbocycles. The van der Waals surface area contributed by atoms with E-state index in [0.717, 1.165) is 12.2 Å². The molecule has 2 rings (SSSR count). The predicted octanol–water partition coefficient (Wildman–Crippen LogP) is -4.14. The van der Waals surface area contributed by atoms with E-state index < -0.39 is 60.9 Å². The Bertz CT molecular complexity index is 618. The first kappa shape index (κ1) is 18.9. The van der Waals surface area contributed by atoms with Gasteiger partial charge in [0.15, 0.2) is 0 Å². The fourth-order valence-electron chi connectivity index (χ4n) is 2.00. The molecule has 0 aliphatic carbocycles. The molecular weight excluding hydrogens is 352 g/mol. The minimum Gasteiger partial charge on any atom is -0.460 e. The number of carbonyl (C=O) groups is 6. The number of amides is 4. The van der Waals surface area contributed by atoms with Gasteiger partial charge in [0.25, 0.3) is 0 Å². The first-order valence-electron chi connectivity index (χ1n) is 7.51. The summed E-state index contributed by atoms with van der Waals surface area (Å²) in [4.78, 5) is 68.1. The zero-order valence-electron chi connectivity index (χ0n) is 13.4. The molecular formula is C14H16N4O8. The van der Waals surface area contributed by atoms with Gasteiger partial charge >= 0.3 is 11.9 Å². The Morgan fingerprint density at radius 3 is 1.58 bits per heavy atom. The van der Waals surface area contributed by atoms with Gasteiger partial charge in [-0.05, 0) is 0 Å². The van der Waals surface area contributed by atoms with Crippen molar-refractivity contribution in [2.75, 3.05) is 26.3 Å². The average molecular weight is 368 g/mol. The Labute approximate surface area is 146 Å². The molecule has 2 unspecified atom stereocenters. The van der Waals surface area contributed by atoms with E-state index >= 15 is 0 Å². The van der Waals surface area contributed by atoms with Crippen LogP contribution in [0.15, 0.2) is 12.2 Å².